The molecular weight excluding hydrogens is 184 g/mol. The molecule has 2 unspecified atom stereocenters. The maximum Gasteiger partial charge on any atom is 0.302 e. The van der Waals surface area contributed by atoms with E-state index < -0.39 is 6.05 Å². The molecule has 1 aliphatic rings. The van der Waals surface area contributed by atoms with E-state index in [1.54, 1.807) is 0 Å². The van der Waals surface area contributed by atoms with Gasteiger partial charge in [-0.05, 0) is 18.3 Å². The number of likely N-dealkylation sites (tertiary alicyclic amines) is 1. The Labute approximate surface area is 85.5 Å². The Balaban J connectivity index is 2.46. The molecule has 0 spiro atoms. The van der Waals surface area contributed by atoms with Crippen molar-refractivity contribution in [3.63, 3.8) is 0 Å². The minimum absolute atomic E-state index is 0.412. The third-order valence-corrected chi connectivity index (χ3v) is 3.30. The van der Waals surface area contributed by atoms with E-state index >= 15 is 0 Å². The van der Waals surface area contributed by atoms with Crippen LogP contribution in [0.5, 0.6) is 0 Å². The van der Waals surface area contributed by atoms with Crippen LogP contribution < -0.4 is 0 Å². The molecule has 1 aliphatic heterocycles. The van der Waals surface area contributed by atoms with Gasteiger partial charge < -0.3 is 0 Å². The third kappa shape index (κ3) is 2.91. The van der Waals surface area contributed by atoms with Crippen molar-refractivity contribution in [3.05, 3.63) is 0 Å². The second kappa shape index (κ2) is 4.56. The van der Waals surface area contributed by atoms with E-state index in [0.717, 1.165) is 19.8 Å². The predicted molar refractivity (Wildman–Crippen MR) is 54.4 cm³/mol. The zero-order chi connectivity index (χ0) is 10.8. The van der Waals surface area contributed by atoms with Gasteiger partial charge in [-0.15, -0.1) is 0 Å². The first-order chi connectivity index (χ1) is 6.45. The molecule has 84 valence electrons. The van der Waals surface area contributed by atoms with Gasteiger partial charge in [-0.3, -0.25) is 0 Å². The fourth-order valence-corrected chi connectivity index (χ4v) is 2.35. The van der Waals surface area contributed by atoms with Crippen molar-refractivity contribution in [3.8, 4) is 0 Å². The Kier molecular flexibility index (Phi) is 3.87. The summed E-state index contributed by atoms with van der Waals surface area (Å²) >= 11 is 0. The highest BCUT2D eigenvalue weighted by molar-refractivity contribution is 4.80. The quantitative estimate of drug-likeness (QED) is 0.639. The minimum atomic E-state index is -2.63. The molecule has 0 aromatic heterocycles. The third-order valence-electron chi connectivity index (χ3n) is 3.30. The monoisotopic (exact) mass is 205 g/mol. The van der Waals surface area contributed by atoms with Crippen molar-refractivity contribution < 1.29 is 8.78 Å². The molecule has 2 atom stereocenters. The largest absolute Gasteiger partial charge is 0.302 e. The van der Waals surface area contributed by atoms with Gasteiger partial charge in [0.2, 0.25) is 0 Å². The van der Waals surface area contributed by atoms with Crippen LogP contribution in [-0.2, 0) is 0 Å². The van der Waals surface area contributed by atoms with Gasteiger partial charge in [-0.1, -0.05) is 26.7 Å². The van der Waals surface area contributed by atoms with Crippen molar-refractivity contribution in [2.24, 2.45) is 11.8 Å². The first-order valence-electron chi connectivity index (χ1n) is 5.58. The van der Waals surface area contributed by atoms with Crippen LogP contribution in [0.25, 0.3) is 0 Å². The van der Waals surface area contributed by atoms with Crippen LogP contribution in [0, 0.1) is 11.8 Å². The standard InChI is InChI=1S/C11H21F2N/c1-4-5-10-6-7-14(8-9(10)2)11(3,12)13/h9-10H,4-8H2,1-3H3. The van der Waals surface area contributed by atoms with Gasteiger partial charge in [-0.25, -0.2) is 4.90 Å². The smallest absolute Gasteiger partial charge is 0.245 e. The molecule has 0 amide bonds. The van der Waals surface area contributed by atoms with Crippen LogP contribution in [0.15, 0.2) is 0 Å². The summed E-state index contributed by atoms with van der Waals surface area (Å²) in [5.41, 5.74) is 0. The Morgan fingerprint density at radius 2 is 2.07 bits per heavy atom. The van der Waals surface area contributed by atoms with Crippen LogP contribution in [0.1, 0.15) is 40.0 Å². The predicted octanol–water partition coefficient (Wildman–Crippen LogP) is 3.36. The Bertz CT molecular complexity index is 177. The van der Waals surface area contributed by atoms with Gasteiger partial charge >= 0.3 is 6.05 Å². The second-order valence-corrected chi connectivity index (χ2v) is 4.60. The highest BCUT2D eigenvalue weighted by Gasteiger charge is 2.36. The number of halogens is 2. The molecule has 0 aliphatic carbocycles. The zero-order valence-electron chi connectivity index (χ0n) is 9.39. The topological polar surface area (TPSA) is 3.24 Å². The van der Waals surface area contributed by atoms with Crippen molar-refractivity contribution in [1.82, 2.24) is 4.90 Å². The summed E-state index contributed by atoms with van der Waals surface area (Å²) in [7, 11) is 0. The summed E-state index contributed by atoms with van der Waals surface area (Å²) in [5.74, 6) is 1.06. The zero-order valence-corrected chi connectivity index (χ0v) is 9.39. The number of hydrogen-bond acceptors (Lipinski definition) is 1. The minimum Gasteiger partial charge on any atom is -0.245 e. The van der Waals surface area contributed by atoms with Crippen LogP contribution in [0.2, 0.25) is 0 Å². The normalized spacial score (nSPS) is 30.6. The van der Waals surface area contributed by atoms with E-state index in [2.05, 4.69) is 13.8 Å². The van der Waals surface area contributed by atoms with E-state index in [-0.39, 0.29) is 0 Å². The molecule has 0 N–H and O–H groups in total. The SMILES string of the molecule is CCCC1CCN(C(C)(F)F)CC1C. The summed E-state index contributed by atoms with van der Waals surface area (Å²) in [6.07, 6.45) is 3.28. The molecule has 0 saturated carbocycles. The van der Waals surface area contributed by atoms with Crippen molar-refractivity contribution in [2.75, 3.05) is 13.1 Å². The van der Waals surface area contributed by atoms with Crippen LogP contribution in [-0.4, -0.2) is 24.0 Å². The van der Waals surface area contributed by atoms with Gasteiger partial charge in [0, 0.05) is 20.0 Å². The molecule has 0 radical (unpaired) electrons. The lowest BCUT2D eigenvalue weighted by molar-refractivity contribution is -0.150. The molecule has 0 aromatic carbocycles. The lowest BCUT2D eigenvalue weighted by Crippen LogP contribution is -2.47. The molecule has 3 heteroatoms. The molecule has 0 aromatic rings. The number of rotatable bonds is 3. The van der Waals surface area contributed by atoms with Crippen molar-refractivity contribution >= 4 is 0 Å². The Morgan fingerprint density at radius 1 is 1.43 bits per heavy atom. The van der Waals surface area contributed by atoms with E-state index in [1.807, 2.05) is 0 Å². The molecule has 0 bridgehead atoms. The highest BCUT2D eigenvalue weighted by Crippen LogP contribution is 2.31. The van der Waals surface area contributed by atoms with E-state index in [1.165, 1.54) is 11.3 Å². The van der Waals surface area contributed by atoms with E-state index in [0.29, 0.717) is 24.9 Å². The maximum absolute atomic E-state index is 13.0. The van der Waals surface area contributed by atoms with Gasteiger partial charge in [0.25, 0.3) is 0 Å². The lowest BCUT2D eigenvalue weighted by Gasteiger charge is -2.39. The molecule has 1 heterocycles. The summed E-state index contributed by atoms with van der Waals surface area (Å²) in [6.45, 7) is 6.36. The first kappa shape index (κ1) is 11.9. The molecular formula is C11H21F2N. The van der Waals surface area contributed by atoms with Gasteiger partial charge in [0.1, 0.15) is 0 Å². The fourth-order valence-electron chi connectivity index (χ4n) is 2.35. The maximum atomic E-state index is 13.0. The first-order valence-corrected chi connectivity index (χ1v) is 5.58. The summed E-state index contributed by atoms with van der Waals surface area (Å²) in [5, 5.41) is 0. The van der Waals surface area contributed by atoms with Crippen LogP contribution in [0.4, 0.5) is 8.78 Å². The van der Waals surface area contributed by atoms with Crippen molar-refractivity contribution in [2.45, 2.75) is 46.1 Å². The molecule has 14 heavy (non-hydrogen) atoms. The number of nitrogens with zero attached hydrogens (tertiary/aromatic N) is 1. The number of alkyl halides is 2. The number of piperidine rings is 1. The average molecular weight is 205 g/mol. The molecule has 1 fully saturated rings. The van der Waals surface area contributed by atoms with Gasteiger partial charge in [0.05, 0.1) is 0 Å². The van der Waals surface area contributed by atoms with Crippen LogP contribution in [0.3, 0.4) is 0 Å². The Hall–Kier alpha value is -0.180. The summed E-state index contributed by atoms with van der Waals surface area (Å²) in [4.78, 5) is 1.31. The highest BCUT2D eigenvalue weighted by atomic mass is 19.3. The molecule has 1 nitrogen and oxygen atoms in total. The van der Waals surface area contributed by atoms with E-state index in [4.69, 9.17) is 0 Å². The summed E-state index contributed by atoms with van der Waals surface area (Å²) < 4.78 is 26.0. The van der Waals surface area contributed by atoms with E-state index in [9.17, 15) is 8.78 Å². The fraction of sp³-hybridized carbons (Fsp3) is 1.00. The Morgan fingerprint density at radius 3 is 2.50 bits per heavy atom. The second-order valence-electron chi connectivity index (χ2n) is 4.60. The van der Waals surface area contributed by atoms with Gasteiger partial charge in [-0.2, -0.15) is 8.78 Å². The van der Waals surface area contributed by atoms with Crippen molar-refractivity contribution in [1.29, 1.82) is 0 Å². The lowest BCUT2D eigenvalue weighted by atomic mass is 9.83. The molecule has 1 rings (SSSR count). The summed E-state index contributed by atoms with van der Waals surface area (Å²) in [6, 6.07) is -2.63. The average Bonchev–Trinajstić information content (AvgIpc) is 2.07. The van der Waals surface area contributed by atoms with Crippen LogP contribution >= 0.6 is 0 Å². The van der Waals surface area contributed by atoms with Gasteiger partial charge in [0.15, 0.2) is 0 Å². The number of hydrogen-bond donors (Lipinski definition) is 0. The molecule has 1 saturated heterocycles.